The summed E-state index contributed by atoms with van der Waals surface area (Å²) in [5, 5.41) is 6.15. The fraction of sp³-hybridized carbons (Fsp3) is 0.174. The number of hydrogen-bond acceptors (Lipinski definition) is 4. The van der Waals surface area contributed by atoms with Crippen LogP contribution < -0.4 is 10.6 Å². The van der Waals surface area contributed by atoms with Crippen molar-refractivity contribution in [2.75, 3.05) is 10.6 Å². The molecule has 1 heterocycles. The van der Waals surface area contributed by atoms with Crippen LogP contribution in [0.2, 0.25) is 0 Å². The van der Waals surface area contributed by atoms with Gasteiger partial charge in [0.25, 0.3) is 5.91 Å². The van der Waals surface area contributed by atoms with Crippen molar-refractivity contribution in [1.29, 1.82) is 0 Å². The number of aromatic nitrogens is 1. The van der Waals surface area contributed by atoms with E-state index in [9.17, 15) is 9.59 Å². The molecule has 2 aromatic carbocycles. The third kappa shape index (κ3) is 4.43. The Balaban J connectivity index is 1.73. The predicted octanol–water partition coefficient (Wildman–Crippen LogP) is 5.15. The first kappa shape index (κ1) is 19.3. The molecule has 0 atom stereocenters. The van der Waals surface area contributed by atoms with Gasteiger partial charge in [0, 0.05) is 23.1 Å². The summed E-state index contributed by atoms with van der Waals surface area (Å²) in [7, 11) is 0. The maximum atomic E-state index is 12.5. The van der Waals surface area contributed by atoms with Crippen molar-refractivity contribution in [3.05, 3.63) is 83.0 Å². The number of nitrogens with one attached hydrogen (secondary N) is 2. The highest BCUT2D eigenvalue weighted by atomic mass is 16.1. The van der Waals surface area contributed by atoms with Gasteiger partial charge in [-0.05, 0) is 55.7 Å². The summed E-state index contributed by atoms with van der Waals surface area (Å²) < 4.78 is 0. The molecule has 0 unspecified atom stereocenters. The lowest BCUT2D eigenvalue weighted by Crippen LogP contribution is -2.12. The van der Waals surface area contributed by atoms with E-state index in [0.717, 1.165) is 17.7 Å². The summed E-state index contributed by atoms with van der Waals surface area (Å²) in [5.74, 6) is 0.361. The van der Waals surface area contributed by atoms with E-state index in [0.29, 0.717) is 22.6 Å². The molecule has 0 fully saturated rings. The van der Waals surface area contributed by atoms with E-state index in [-0.39, 0.29) is 11.7 Å². The molecular formula is C23H23N3O2. The summed E-state index contributed by atoms with van der Waals surface area (Å²) in [6.07, 6.45) is 2.46. The van der Waals surface area contributed by atoms with Gasteiger partial charge in [-0.1, -0.05) is 37.3 Å². The lowest BCUT2D eigenvalue weighted by atomic mass is 10.1. The predicted molar refractivity (Wildman–Crippen MR) is 112 cm³/mol. The number of rotatable bonds is 6. The quantitative estimate of drug-likeness (QED) is 0.586. The van der Waals surface area contributed by atoms with Crippen LogP contribution in [0.15, 0.2) is 60.8 Å². The summed E-state index contributed by atoms with van der Waals surface area (Å²) >= 11 is 0. The molecule has 0 aliphatic heterocycles. The largest absolute Gasteiger partial charge is 0.340 e. The van der Waals surface area contributed by atoms with Crippen molar-refractivity contribution >= 4 is 28.9 Å². The fourth-order valence-electron chi connectivity index (χ4n) is 2.95. The molecule has 1 amide bonds. The molecular weight excluding hydrogens is 350 g/mol. The minimum atomic E-state index is -0.273. The Labute approximate surface area is 164 Å². The lowest BCUT2D eigenvalue weighted by Gasteiger charge is -2.13. The van der Waals surface area contributed by atoms with Crippen molar-refractivity contribution in [3.63, 3.8) is 0 Å². The van der Waals surface area contributed by atoms with E-state index in [1.165, 1.54) is 18.7 Å². The molecule has 28 heavy (non-hydrogen) atoms. The summed E-state index contributed by atoms with van der Waals surface area (Å²) in [4.78, 5) is 28.3. The van der Waals surface area contributed by atoms with Gasteiger partial charge < -0.3 is 10.6 Å². The smallest absolute Gasteiger partial charge is 0.257 e. The SMILES string of the molecule is CCc1cccc(C)c1Nc1ccc(C(=O)Nc2cccc(C(C)=O)c2)cn1. The Morgan fingerprint density at radius 2 is 1.79 bits per heavy atom. The van der Waals surface area contributed by atoms with Gasteiger partial charge in [0.1, 0.15) is 5.82 Å². The number of carbonyl (C=O) groups excluding carboxylic acids is 2. The minimum absolute atomic E-state index is 0.0455. The van der Waals surface area contributed by atoms with Crippen molar-refractivity contribution < 1.29 is 9.59 Å². The van der Waals surface area contributed by atoms with E-state index >= 15 is 0 Å². The number of Topliss-reactive ketones (excluding diaryl/α,β-unsaturated/α-hetero) is 1. The molecule has 0 spiro atoms. The third-order valence-electron chi connectivity index (χ3n) is 4.55. The second kappa shape index (κ2) is 8.48. The van der Waals surface area contributed by atoms with Gasteiger partial charge in [0.15, 0.2) is 5.78 Å². The number of hydrogen-bond donors (Lipinski definition) is 2. The number of carbonyl (C=O) groups is 2. The summed E-state index contributed by atoms with van der Waals surface area (Å²) in [6.45, 7) is 5.66. The van der Waals surface area contributed by atoms with Crippen LogP contribution >= 0.6 is 0 Å². The molecule has 0 saturated heterocycles. The Bertz CT molecular complexity index is 1010. The third-order valence-corrected chi connectivity index (χ3v) is 4.55. The van der Waals surface area contributed by atoms with E-state index < -0.39 is 0 Å². The van der Waals surface area contributed by atoms with Crippen LogP contribution in [-0.4, -0.2) is 16.7 Å². The number of ketones is 1. The zero-order chi connectivity index (χ0) is 20.1. The molecule has 5 heteroatoms. The van der Waals surface area contributed by atoms with Gasteiger partial charge in [-0.25, -0.2) is 4.98 Å². The van der Waals surface area contributed by atoms with E-state index in [2.05, 4.69) is 41.6 Å². The van der Waals surface area contributed by atoms with Crippen LogP contribution in [0.3, 0.4) is 0 Å². The highest BCUT2D eigenvalue weighted by Crippen LogP contribution is 2.24. The first-order valence-electron chi connectivity index (χ1n) is 9.22. The Hall–Kier alpha value is -3.47. The first-order chi connectivity index (χ1) is 13.5. The van der Waals surface area contributed by atoms with Gasteiger partial charge in [-0.15, -0.1) is 0 Å². The number of aryl methyl sites for hydroxylation is 2. The molecule has 2 N–H and O–H groups in total. The Morgan fingerprint density at radius 1 is 1.00 bits per heavy atom. The molecule has 0 radical (unpaired) electrons. The van der Waals surface area contributed by atoms with Crippen molar-refractivity contribution in [2.45, 2.75) is 27.2 Å². The number of nitrogens with zero attached hydrogens (tertiary/aromatic N) is 1. The maximum Gasteiger partial charge on any atom is 0.257 e. The van der Waals surface area contributed by atoms with Crippen LogP contribution in [0.5, 0.6) is 0 Å². The van der Waals surface area contributed by atoms with E-state index in [1.807, 2.05) is 6.07 Å². The van der Waals surface area contributed by atoms with Crippen LogP contribution in [-0.2, 0) is 6.42 Å². The minimum Gasteiger partial charge on any atom is -0.340 e. The monoisotopic (exact) mass is 373 g/mol. The molecule has 5 nitrogen and oxygen atoms in total. The molecule has 0 bridgehead atoms. The topological polar surface area (TPSA) is 71.1 Å². The van der Waals surface area contributed by atoms with Crippen molar-refractivity contribution in [2.24, 2.45) is 0 Å². The van der Waals surface area contributed by atoms with E-state index in [1.54, 1.807) is 36.4 Å². The molecule has 0 saturated carbocycles. The molecule has 3 aromatic rings. The number of amides is 1. The summed E-state index contributed by atoms with van der Waals surface area (Å²) in [5.41, 5.74) is 4.99. The molecule has 1 aromatic heterocycles. The molecule has 0 aliphatic carbocycles. The second-order valence-corrected chi connectivity index (χ2v) is 6.61. The van der Waals surface area contributed by atoms with Gasteiger partial charge in [-0.2, -0.15) is 0 Å². The maximum absolute atomic E-state index is 12.5. The highest BCUT2D eigenvalue weighted by molar-refractivity contribution is 6.05. The van der Waals surface area contributed by atoms with Crippen LogP contribution in [0.4, 0.5) is 17.2 Å². The second-order valence-electron chi connectivity index (χ2n) is 6.61. The van der Waals surface area contributed by atoms with Crippen LogP contribution in [0.25, 0.3) is 0 Å². The Morgan fingerprint density at radius 3 is 2.46 bits per heavy atom. The first-order valence-corrected chi connectivity index (χ1v) is 9.22. The summed E-state index contributed by atoms with van der Waals surface area (Å²) in [6, 6.07) is 16.6. The zero-order valence-electron chi connectivity index (χ0n) is 16.2. The van der Waals surface area contributed by atoms with Crippen LogP contribution in [0, 0.1) is 6.92 Å². The molecule has 3 rings (SSSR count). The van der Waals surface area contributed by atoms with Gasteiger partial charge in [0.2, 0.25) is 0 Å². The van der Waals surface area contributed by atoms with Gasteiger partial charge >= 0.3 is 0 Å². The standard InChI is InChI=1S/C23H23N3O2/c1-4-17-8-5-7-15(2)22(17)26-21-12-11-19(14-24-21)23(28)25-20-10-6-9-18(13-20)16(3)27/h5-14H,4H2,1-3H3,(H,24,26)(H,25,28). The normalized spacial score (nSPS) is 10.4. The lowest BCUT2D eigenvalue weighted by molar-refractivity contribution is 0.101. The van der Waals surface area contributed by atoms with Crippen LogP contribution in [0.1, 0.15) is 45.7 Å². The highest BCUT2D eigenvalue weighted by Gasteiger charge is 2.10. The molecule has 142 valence electrons. The van der Waals surface area contributed by atoms with Gasteiger partial charge in [0.05, 0.1) is 5.56 Å². The number of para-hydroxylation sites is 1. The number of anilines is 3. The Kier molecular flexibility index (Phi) is 5.84. The number of benzene rings is 2. The van der Waals surface area contributed by atoms with Crippen molar-refractivity contribution in [3.8, 4) is 0 Å². The average molecular weight is 373 g/mol. The van der Waals surface area contributed by atoms with E-state index in [4.69, 9.17) is 0 Å². The fourth-order valence-corrected chi connectivity index (χ4v) is 2.95. The van der Waals surface area contributed by atoms with Crippen molar-refractivity contribution in [1.82, 2.24) is 4.98 Å². The zero-order valence-corrected chi connectivity index (χ0v) is 16.2. The molecule has 0 aliphatic rings. The van der Waals surface area contributed by atoms with Gasteiger partial charge in [-0.3, -0.25) is 9.59 Å². The number of pyridine rings is 1. The average Bonchev–Trinajstić information content (AvgIpc) is 2.70.